The van der Waals surface area contributed by atoms with Gasteiger partial charge in [0.25, 0.3) is 0 Å². The van der Waals surface area contributed by atoms with Gasteiger partial charge in [-0.3, -0.25) is 10.1 Å². The molecule has 0 radical (unpaired) electrons. The molecule has 4 heteroatoms. The summed E-state index contributed by atoms with van der Waals surface area (Å²) in [7, 11) is 0. The third-order valence-corrected chi connectivity index (χ3v) is 8.31. The van der Waals surface area contributed by atoms with Crippen LogP contribution in [0.2, 0.25) is 0 Å². The molecule has 136 valence electrons. The smallest absolute Gasteiger partial charge is 0.155 e. The summed E-state index contributed by atoms with van der Waals surface area (Å²) in [6.07, 6.45) is 12.5. The molecule has 0 amide bonds. The lowest BCUT2D eigenvalue weighted by atomic mass is 9.47. The molecular formula is C21H28O4. The average molecular weight is 344 g/mol. The van der Waals surface area contributed by atoms with Gasteiger partial charge in [-0.1, -0.05) is 19.8 Å². The van der Waals surface area contributed by atoms with Crippen molar-refractivity contribution in [1.82, 2.24) is 0 Å². The summed E-state index contributed by atoms with van der Waals surface area (Å²) in [6.45, 7) is 4.38. The van der Waals surface area contributed by atoms with Gasteiger partial charge in [0.2, 0.25) is 0 Å². The molecule has 3 saturated carbocycles. The van der Waals surface area contributed by atoms with E-state index in [4.69, 9.17) is 11.3 Å². The molecule has 7 atom stereocenters. The molecule has 4 nitrogen and oxygen atoms in total. The van der Waals surface area contributed by atoms with Crippen molar-refractivity contribution in [3.8, 4) is 12.3 Å². The summed E-state index contributed by atoms with van der Waals surface area (Å²) in [4.78, 5) is 17.1. The number of hydrogen-bond acceptors (Lipinski definition) is 4. The van der Waals surface area contributed by atoms with Crippen LogP contribution in [-0.4, -0.2) is 27.3 Å². The van der Waals surface area contributed by atoms with Crippen LogP contribution in [0.25, 0.3) is 0 Å². The predicted octanol–water partition coefficient (Wildman–Crippen LogP) is 3.35. The maximum atomic E-state index is 11.9. The number of fused-ring (bicyclic) bond motifs is 5. The summed E-state index contributed by atoms with van der Waals surface area (Å²) in [6, 6.07) is 0. The average Bonchev–Trinajstić information content (AvgIpc) is 2.87. The second kappa shape index (κ2) is 5.42. The van der Waals surface area contributed by atoms with Crippen LogP contribution in [0.1, 0.15) is 58.8 Å². The molecule has 4 aliphatic carbocycles. The van der Waals surface area contributed by atoms with Gasteiger partial charge in [0.05, 0.1) is 0 Å². The minimum Gasteiger partial charge on any atom is -0.377 e. The molecular weight excluding hydrogens is 316 g/mol. The molecule has 25 heavy (non-hydrogen) atoms. The van der Waals surface area contributed by atoms with Crippen molar-refractivity contribution in [2.45, 2.75) is 70.0 Å². The zero-order valence-corrected chi connectivity index (χ0v) is 15.1. The van der Waals surface area contributed by atoms with Crippen LogP contribution >= 0.6 is 0 Å². The number of aliphatic hydroxyl groups is 1. The predicted molar refractivity (Wildman–Crippen MR) is 93.4 cm³/mol. The molecule has 0 saturated heterocycles. The lowest BCUT2D eigenvalue weighted by molar-refractivity contribution is -0.344. The lowest BCUT2D eigenvalue weighted by Crippen LogP contribution is -2.60. The van der Waals surface area contributed by atoms with Crippen LogP contribution in [-0.2, 0) is 9.68 Å². The van der Waals surface area contributed by atoms with Crippen LogP contribution in [0.4, 0.5) is 0 Å². The molecule has 3 fully saturated rings. The van der Waals surface area contributed by atoms with E-state index in [1.807, 2.05) is 0 Å². The molecule has 0 aromatic heterocycles. The van der Waals surface area contributed by atoms with E-state index in [9.17, 15) is 15.2 Å². The van der Waals surface area contributed by atoms with E-state index in [2.05, 4.69) is 19.8 Å². The largest absolute Gasteiger partial charge is 0.377 e. The van der Waals surface area contributed by atoms with Crippen LogP contribution in [0.5, 0.6) is 0 Å². The molecule has 0 aliphatic heterocycles. The van der Waals surface area contributed by atoms with E-state index < -0.39 is 11.2 Å². The highest BCUT2D eigenvalue weighted by Crippen LogP contribution is 2.67. The number of hydrogen-bond donors (Lipinski definition) is 2. The van der Waals surface area contributed by atoms with Gasteiger partial charge in [-0.05, 0) is 73.8 Å². The monoisotopic (exact) mass is 344 g/mol. The fourth-order valence-electron chi connectivity index (χ4n) is 6.96. The fourth-order valence-corrected chi connectivity index (χ4v) is 6.96. The first-order valence-corrected chi connectivity index (χ1v) is 9.58. The van der Waals surface area contributed by atoms with E-state index in [1.165, 1.54) is 0 Å². The normalized spacial score (nSPS) is 51.8. The Labute approximate surface area is 149 Å². The quantitative estimate of drug-likeness (QED) is 0.435. The summed E-state index contributed by atoms with van der Waals surface area (Å²) in [5.74, 6) is 4.07. The zero-order chi connectivity index (χ0) is 18.0. The Hall–Kier alpha value is -1.15. The van der Waals surface area contributed by atoms with Gasteiger partial charge in [-0.15, -0.1) is 6.42 Å². The molecule has 3 unspecified atom stereocenters. The molecule has 0 bridgehead atoms. The van der Waals surface area contributed by atoms with Crippen molar-refractivity contribution in [2.24, 2.45) is 29.1 Å². The fraction of sp³-hybridized carbons (Fsp3) is 0.762. The second-order valence-electron chi connectivity index (χ2n) is 9.09. The Balaban J connectivity index is 1.77. The number of carbonyl (C=O) groups is 1. The SMILES string of the molecule is C#C[C@]1(O)CCC2C3C(CC[C@@]21C)[C@@]1(OO)CCC(=O)C=C1C[C@H]3C. The molecule has 0 heterocycles. The Morgan fingerprint density at radius 1 is 1.28 bits per heavy atom. The second-order valence-corrected chi connectivity index (χ2v) is 9.09. The minimum atomic E-state index is -1.03. The summed E-state index contributed by atoms with van der Waals surface area (Å²) in [5, 5.41) is 21.0. The Bertz CT molecular complexity index is 676. The molecule has 4 aliphatic rings. The maximum absolute atomic E-state index is 11.9. The number of ketones is 1. The van der Waals surface area contributed by atoms with Gasteiger partial charge in [-0.25, -0.2) is 4.89 Å². The standard InChI is InChI=1S/C21H28O4/c1-4-20(23)9-7-16-18-13(2)11-14-12-15(22)5-10-21(14,25-24)17(18)6-8-19(16,20)3/h1,12-13,16-18,23-24H,5-11H2,2-3H3/t13-,16?,17?,18?,19+,20+,21-/m1/s1. The summed E-state index contributed by atoms with van der Waals surface area (Å²) < 4.78 is 0. The van der Waals surface area contributed by atoms with Crippen LogP contribution in [0.3, 0.4) is 0 Å². The van der Waals surface area contributed by atoms with Crippen molar-refractivity contribution in [3.63, 3.8) is 0 Å². The van der Waals surface area contributed by atoms with Crippen molar-refractivity contribution < 1.29 is 20.0 Å². The molecule has 0 aromatic rings. The first-order chi connectivity index (χ1) is 11.8. The van der Waals surface area contributed by atoms with E-state index in [-0.39, 0.29) is 17.1 Å². The molecule has 0 aromatic carbocycles. The van der Waals surface area contributed by atoms with Crippen LogP contribution < -0.4 is 0 Å². The topological polar surface area (TPSA) is 66.8 Å². The van der Waals surface area contributed by atoms with Gasteiger partial charge >= 0.3 is 0 Å². The third kappa shape index (κ3) is 2.04. The Morgan fingerprint density at radius 3 is 2.68 bits per heavy atom. The first-order valence-electron chi connectivity index (χ1n) is 9.58. The van der Waals surface area contributed by atoms with Crippen molar-refractivity contribution >= 4 is 5.78 Å². The number of rotatable bonds is 1. The van der Waals surface area contributed by atoms with Crippen molar-refractivity contribution in [3.05, 3.63) is 11.6 Å². The van der Waals surface area contributed by atoms with Crippen molar-refractivity contribution in [2.75, 3.05) is 0 Å². The maximum Gasteiger partial charge on any atom is 0.155 e. The number of carbonyl (C=O) groups excluding carboxylic acids is 1. The Kier molecular flexibility index (Phi) is 3.75. The Morgan fingerprint density at radius 2 is 2.00 bits per heavy atom. The first kappa shape index (κ1) is 17.3. The van der Waals surface area contributed by atoms with E-state index in [0.29, 0.717) is 37.0 Å². The molecule has 2 N–H and O–H groups in total. The van der Waals surface area contributed by atoms with Crippen LogP contribution in [0, 0.1) is 41.4 Å². The highest BCUT2D eigenvalue weighted by atomic mass is 17.1. The zero-order valence-electron chi connectivity index (χ0n) is 15.1. The van der Waals surface area contributed by atoms with Gasteiger partial charge in [0.1, 0.15) is 11.2 Å². The summed E-state index contributed by atoms with van der Waals surface area (Å²) >= 11 is 0. The van der Waals surface area contributed by atoms with Gasteiger partial charge in [0.15, 0.2) is 5.78 Å². The minimum absolute atomic E-state index is 0.136. The molecule has 4 rings (SSSR count). The van der Waals surface area contributed by atoms with Crippen molar-refractivity contribution in [1.29, 1.82) is 0 Å². The molecule has 0 spiro atoms. The van der Waals surface area contributed by atoms with Gasteiger partial charge in [0, 0.05) is 11.8 Å². The van der Waals surface area contributed by atoms with E-state index >= 15 is 0 Å². The number of terminal acetylenes is 1. The summed E-state index contributed by atoms with van der Waals surface area (Å²) in [5.41, 5.74) is -1.06. The van der Waals surface area contributed by atoms with Gasteiger partial charge in [-0.2, -0.15) is 0 Å². The highest BCUT2D eigenvalue weighted by molar-refractivity contribution is 5.92. The lowest BCUT2D eigenvalue weighted by Gasteiger charge is -2.59. The van der Waals surface area contributed by atoms with Crippen LogP contribution in [0.15, 0.2) is 11.6 Å². The van der Waals surface area contributed by atoms with E-state index in [0.717, 1.165) is 31.3 Å². The van der Waals surface area contributed by atoms with E-state index in [1.54, 1.807) is 6.08 Å². The third-order valence-electron chi connectivity index (χ3n) is 8.31. The highest BCUT2D eigenvalue weighted by Gasteiger charge is 2.66. The van der Waals surface area contributed by atoms with Gasteiger partial charge < -0.3 is 5.11 Å².